The van der Waals surface area contributed by atoms with E-state index in [1.54, 1.807) is 0 Å². The van der Waals surface area contributed by atoms with E-state index in [9.17, 15) is 0 Å². The lowest BCUT2D eigenvalue weighted by Crippen LogP contribution is -2.43. The van der Waals surface area contributed by atoms with Gasteiger partial charge in [-0.3, -0.25) is 0 Å². The van der Waals surface area contributed by atoms with E-state index in [2.05, 4.69) is 130 Å². The van der Waals surface area contributed by atoms with Gasteiger partial charge in [0, 0.05) is 41.6 Å². The summed E-state index contributed by atoms with van der Waals surface area (Å²) in [6.45, 7) is 15.8. The molecule has 0 spiro atoms. The van der Waals surface area contributed by atoms with Gasteiger partial charge in [-0.1, -0.05) is 39.0 Å². The molecule has 0 saturated heterocycles. The fourth-order valence-corrected chi connectivity index (χ4v) is 4.47. The summed E-state index contributed by atoms with van der Waals surface area (Å²) >= 11 is 0. The highest BCUT2D eigenvalue weighted by atomic mass is 15.4. The van der Waals surface area contributed by atoms with Gasteiger partial charge in [0.05, 0.1) is 7.05 Å². The van der Waals surface area contributed by atoms with Gasteiger partial charge < -0.3 is 0 Å². The van der Waals surface area contributed by atoms with Crippen LogP contribution in [0.1, 0.15) is 57.5 Å². The lowest BCUT2D eigenvalue weighted by atomic mass is 9.84. The average Bonchev–Trinajstić information content (AvgIpc) is 3.08. The van der Waals surface area contributed by atoms with Crippen LogP contribution < -0.4 is 9.25 Å². The van der Waals surface area contributed by atoms with Crippen molar-refractivity contribution >= 4 is 10.8 Å². The first kappa shape index (κ1) is 21.3. The Morgan fingerprint density at radius 1 is 0.903 bits per heavy atom. The monoisotopic (exact) mass is 413 g/mol. The molecule has 0 bridgehead atoms. The molecule has 0 atom stereocenters. The molecule has 0 N–H and O–H groups in total. The van der Waals surface area contributed by atoms with Gasteiger partial charge in [0.1, 0.15) is 5.69 Å². The van der Waals surface area contributed by atoms with Crippen LogP contribution in [0.4, 0.5) is 0 Å². The maximum atomic E-state index is 2.38. The zero-order chi connectivity index (χ0) is 22.5. The lowest BCUT2D eigenvalue weighted by molar-refractivity contribution is -0.789. The quantitative estimate of drug-likeness (QED) is 0.371. The Labute approximate surface area is 186 Å². The van der Waals surface area contributed by atoms with Crippen LogP contribution in [-0.2, 0) is 12.5 Å². The minimum absolute atomic E-state index is 0.0572. The van der Waals surface area contributed by atoms with Gasteiger partial charge in [-0.15, -0.1) is 4.68 Å². The molecule has 3 nitrogen and oxygen atoms in total. The fraction of sp³-hybridized carbons (Fsp3) is 0.357. The van der Waals surface area contributed by atoms with E-state index in [1.807, 2.05) is 0 Å². The molecule has 0 fully saturated rings. The Kier molecular flexibility index (Phi) is 5.25. The third kappa shape index (κ3) is 3.78. The third-order valence-electron chi connectivity index (χ3n) is 6.40. The minimum atomic E-state index is 0.0572. The molecule has 0 amide bonds. The molecule has 0 radical (unpaired) electrons. The normalized spacial score (nSPS) is 12.2. The smallest absolute Gasteiger partial charge is 0.164 e. The Balaban J connectivity index is 2.02. The van der Waals surface area contributed by atoms with E-state index in [1.165, 1.54) is 44.5 Å². The molecule has 2 heterocycles. The van der Waals surface area contributed by atoms with Crippen molar-refractivity contribution in [2.24, 2.45) is 7.05 Å². The summed E-state index contributed by atoms with van der Waals surface area (Å²) < 4.78 is 6.92. The largest absolute Gasteiger partial charge is 0.214 e. The summed E-state index contributed by atoms with van der Waals surface area (Å²) in [6, 6.07) is 18.3. The Hall–Kier alpha value is -2.94. The second-order valence-electron chi connectivity index (χ2n) is 10.0. The molecule has 0 aliphatic rings. The van der Waals surface area contributed by atoms with Gasteiger partial charge in [0.15, 0.2) is 24.1 Å². The molecule has 31 heavy (non-hydrogen) atoms. The number of aromatic nitrogens is 3. The van der Waals surface area contributed by atoms with Crippen LogP contribution in [0.25, 0.3) is 27.7 Å². The number of nitrogens with zero attached hydrogens (tertiary/aromatic N) is 3. The van der Waals surface area contributed by atoms with Crippen molar-refractivity contribution in [2.75, 3.05) is 0 Å². The molecule has 0 aliphatic carbocycles. The molecule has 160 valence electrons. The van der Waals surface area contributed by atoms with Crippen LogP contribution >= 0.6 is 0 Å². The SMILES string of the molecule is Cc1c(-c2cc[n+](C(C)C)n2C)cc(C(C)(C)C)cc1-[n+]1cc2ccccc2cc1C. The highest BCUT2D eigenvalue weighted by molar-refractivity contribution is 5.81. The topological polar surface area (TPSA) is 12.7 Å². The highest BCUT2D eigenvalue weighted by Crippen LogP contribution is 2.33. The number of aryl methyl sites for hydroxylation is 1. The summed E-state index contributed by atoms with van der Waals surface area (Å²) in [6.07, 6.45) is 4.47. The van der Waals surface area contributed by atoms with Gasteiger partial charge in [-0.05, 0) is 49.3 Å². The van der Waals surface area contributed by atoms with E-state index >= 15 is 0 Å². The molecule has 3 heteroatoms. The number of fused-ring (bicyclic) bond motifs is 1. The van der Waals surface area contributed by atoms with Gasteiger partial charge >= 0.3 is 0 Å². The van der Waals surface area contributed by atoms with Gasteiger partial charge in [0.2, 0.25) is 5.69 Å². The molecule has 2 aromatic heterocycles. The molecule has 0 saturated carbocycles. The summed E-state index contributed by atoms with van der Waals surface area (Å²) in [5.74, 6) is 0. The second-order valence-corrected chi connectivity index (χ2v) is 10.0. The number of benzene rings is 2. The first-order valence-corrected chi connectivity index (χ1v) is 11.2. The van der Waals surface area contributed by atoms with Gasteiger partial charge in [-0.2, -0.15) is 9.25 Å². The lowest BCUT2D eigenvalue weighted by Gasteiger charge is -2.21. The molecule has 0 aliphatic heterocycles. The van der Waals surface area contributed by atoms with Crippen LogP contribution in [0.5, 0.6) is 0 Å². The van der Waals surface area contributed by atoms with Crippen LogP contribution in [-0.4, -0.2) is 4.68 Å². The maximum absolute atomic E-state index is 2.38. The van der Waals surface area contributed by atoms with Crippen molar-refractivity contribution in [3.63, 3.8) is 0 Å². The van der Waals surface area contributed by atoms with E-state index in [4.69, 9.17) is 0 Å². The molecular weight excluding hydrogens is 378 g/mol. The fourth-order valence-electron chi connectivity index (χ4n) is 4.47. The molecule has 4 aromatic rings. The predicted molar refractivity (Wildman–Crippen MR) is 129 cm³/mol. The summed E-state index contributed by atoms with van der Waals surface area (Å²) in [7, 11) is 2.16. The molecule has 2 aromatic carbocycles. The number of hydrogen-bond donors (Lipinski definition) is 0. The number of hydrogen-bond acceptors (Lipinski definition) is 0. The van der Waals surface area contributed by atoms with E-state index in [0.717, 1.165) is 0 Å². The predicted octanol–water partition coefficient (Wildman–Crippen LogP) is 5.90. The zero-order valence-corrected chi connectivity index (χ0v) is 20.2. The van der Waals surface area contributed by atoms with Crippen LogP contribution in [0, 0.1) is 13.8 Å². The Bertz CT molecular complexity index is 1270. The van der Waals surface area contributed by atoms with E-state index in [-0.39, 0.29) is 5.41 Å². The van der Waals surface area contributed by atoms with Gasteiger partial charge in [0.25, 0.3) is 0 Å². The van der Waals surface area contributed by atoms with Crippen LogP contribution in [0.3, 0.4) is 0 Å². The van der Waals surface area contributed by atoms with Crippen molar-refractivity contribution < 1.29 is 9.25 Å². The van der Waals surface area contributed by atoms with Crippen molar-refractivity contribution in [3.05, 3.63) is 77.7 Å². The Morgan fingerprint density at radius 2 is 1.58 bits per heavy atom. The highest BCUT2D eigenvalue weighted by Gasteiger charge is 2.26. The molecular formula is C28H35N3+2. The average molecular weight is 414 g/mol. The third-order valence-corrected chi connectivity index (χ3v) is 6.40. The first-order valence-electron chi connectivity index (χ1n) is 11.2. The Morgan fingerprint density at radius 3 is 2.19 bits per heavy atom. The molecule has 4 rings (SSSR count). The van der Waals surface area contributed by atoms with Crippen molar-refractivity contribution in [1.82, 2.24) is 4.68 Å². The van der Waals surface area contributed by atoms with Crippen LogP contribution in [0.15, 0.2) is 60.9 Å². The van der Waals surface area contributed by atoms with Crippen molar-refractivity contribution in [2.45, 2.75) is 59.9 Å². The van der Waals surface area contributed by atoms with Crippen molar-refractivity contribution in [3.8, 4) is 16.9 Å². The standard InChI is InChI=1S/C28H35N3/c1-19(2)31-14-13-26(29(31)8)25-16-24(28(5,6)7)17-27(21(25)4)30-18-23-12-10-9-11-22(23)15-20(30)3/h9-19H,1-8H3/q+2. The molecule has 0 unspecified atom stereocenters. The van der Waals surface area contributed by atoms with E-state index in [0.29, 0.717) is 6.04 Å². The summed E-state index contributed by atoms with van der Waals surface area (Å²) in [5, 5.41) is 2.54. The summed E-state index contributed by atoms with van der Waals surface area (Å²) in [5.41, 5.74) is 7.74. The number of rotatable bonds is 3. The second kappa shape index (κ2) is 7.64. The van der Waals surface area contributed by atoms with Crippen molar-refractivity contribution in [1.29, 1.82) is 0 Å². The number of pyridine rings is 1. The first-order chi connectivity index (χ1) is 14.6. The summed E-state index contributed by atoms with van der Waals surface area (Å²) in [4.78, 5) is 0. The van der Waals surface area contributed by atoms with Crippen LogP contribution in [0.2, 0.25) is 0 Å². The maximum Gasteiger partial charge on any atom is 0.214 e. The minimum Gasteiger partial charge on any atom is -0.164 e. The zero-order valence-electron chi connectivity index (χ0n) is 20.2. The van der Waals surface area contributed by atoms with E-state index < -0.39 is 0 Å². The van der Waals surface area contributed by atoms with Gasteiger partial charge in [-0.25, -0.2) is 0 Å².